The Labute approximate surface area is 65.3 Å². The largest absolute Gasteiger partial charge is 0.296 e. The van der Waals surface area contributed by atoms with E-state index in [0.717, 1.165) is 0 Å². The highest BCUT2D eigenvalue weighted by Gasteiger charge is 2.28. The average Bonchev–Trinajstić information content (AvgIpc) is 1.86. The molecule has 1 nitrogen and oxygen atoms in total. The average molecular weight is 169 g/mol. The highest BCUT2D eigenvalue weighted by molar-refractivity contribution is 6.58. The van der Waals surface area contributed by atoms with Crippen LogP contribution in [0.2, 0.25) is 0 Å². The Morgan fingerprint density at radius 2 is 1.89 bits per heavy atom. The van der Waals surface area contributed by atoms with Crippen molar-refractivity contribution in [2.24, 2.45) is 0 Å². The van der Waals surface area contributed by atoms with Crippen LogP contribution in [0.1, 0.15) is 26.7 Å². The van der Waals surface area contributed by atoms with Gasteiger partial charge in [-0.15, -0.1) is 0 Å². The summed E-state index contributed by atoms with van der Waals surface area (Å²) in [7, 11) is 0. The summed E-state index contributed by atoms with van der Waals surface area (Å²) < 4.78 is -1.14. The van der Waals surface area contributed by atoms with E-state index in [9.17, 15) is 4.79 Å². The third kappa shape index (κ3) is 2.55. The first kappa shape index (κ1) is 9.25. The van der Waals surface area contributed by atoms with E-state index in [2.05, 4.69) is 0 Å². The van der Waals surface area contributed by atoms with Crippen LogP contribution in [0, 0.1) is 0 Å². The molecule has 0 heterocycles. The Morgan fingerprint density at radius 3 is 2.00 bits per heavy atom. The first-order chi connectivity index (χ1) is 4.04. The molecule has 54 valence electrons. The summed E-state index contributed by atoms with van der Waals surface area (Å²) >= 11 is 11.2. The molecule has 0 N–H and O–H groups in total. The van der Waals surface area contributed by atoms with Gasteiger partial charge in [-0.2, -0.15) is 0 Å². The van der Waals surface area contributed by atoms with Crippen LogP contribution in [-0.2, 0) is 4.79 Å². The topological polar surface area (TPSA) is 17.1 Å². The second-order valence-corrected chi connectivity index (χ2v) is 3.32. The van der Waals surface area contributed by atoms with Gasteiger partial charge in [0.05, 0.1) is 0 Å². The van der Waals surface area contributed by atoms with Crippen molar-refractivity contribution < 1.29 is 4.79 Å². The number of carbonyl (C=O) groups excluding carboxylic acids is 1. The zero-order chi connectivity index (χ0) is 7.49. The summed E-state index contributed by atoms with van der Waals surface area (Å²) in [5, 5.41) is 0. The molecule has 9 heavy (non-hydrogen) atoms. The van der Waals surface area contributed by atoms with Crippen molar-refractivity contribution in [2.75, 3.05) is 0 Å². The van der Waals surface area contributed by atoms with Gasteiger partial charge in [0.25, 0.3) is 0 Å². The highest BCUT2D eigenvalue weighted by Crippen LogP contribution is 2.26. The molecule has 0 saturated carbocycles. The normalized spacial score (nSPS) is 11.6. The lowest BCUT2D eigenvalue weighted by Crippen LogP contribution is -2.23. The maximum absolute atomic E-state index is 10.8. The number of ketones is 1. The van der Waals surface area contributed by atoms with Crippen molar-refractivity contribution in [1.29, 1.82) is 0 Å². The third-order valence-corrected chi connectivity index (χ3v) is 2.13. The maximum atomic E-state index is 10.8. The Hall–Kier alpha value is 0.250. The highest BCUT2D eigenvalue weighted by atomic mass is 35.5. The van der Waals surface area contributed by atoms with Gasteiger partial charge in [0.2, 0.25) is 0 Å². The molecule has 0 spiro atoms. The van der Waals surface area contributed by atoms with Gasteiger partial charge in [-0.25, -0.2) is 0 Å². The summed E-state index contributed by atoms with van der Waals surface area (Å²) in [6.07, 6.45) is 0.879. The molecule has 0 amide bonds. The Kier molecular flexibility index (Phi) is 3.52. The molecule has 0 aliphatic carbocycles. The van der Waals surface area contributed by atoms with E-state index >= 15 is 0 Å². The summed E-state index contributed by atoms with van der Waals surface area (Å²) in [5.41, 5.74) is 0. The predicted octanol–water partition coefficient (Wildman–Crippen LogP) is 2.55. The van der Waals surface area contributed by atoms with E-state index in [1.165, 1.54) is 0 Å². The lowest BCUT2D eigenvalue weighted by Gasteiger charge is -2.13. The van der Waals surface area contributed by atoms with Crippen LogP contribution in [0.4, 0.5) is 0 Å². The molecule has 0 aliphatic heterocycles. The van der Waals surface area contributed by atoms with Gasteiger partial charge in [0, 0.05) is 6.42 Å². The number of halogens is 2. The van der Waals surface area contributed by atoms with Crippen molar-refractivity contribution >= 4 is 29.0 Å². The van der Waals surface area contributed by atoms with Crippen LogP contribution in [0.3, 0.4) is 0 Å². The van der Waals surface area contributed by atoms with Gasteiger partial charge in [0.15, 0.2) is 10.1 Å². The predicted molar refractivity (Wildman–Crippen MR) is 40.0 cm³/mol. The number of hydrogen-bond acceptors (Lipinski definition) is 1. The Morgan fingerprint density at radius 1 is 1.44 bits per heavy atom. The lowest BCUT2D eigenvalue weighted by molar-refractivity contribution is -0.119. The number of rotatable bonds is 3. The van der Waals surface area contributed by atoms with Crippen LogP contribution in [0.25, 0.3) is 0 Å². The van der Waals surface area contributed by atoms with Crippen molar-refractivity contribution in [3.8, 4) is 0 Å². The molecule has 3 heteroatoms. The third-order valence-electron chi connectivity index (χ3n) is 1.17. The van der Waals surface area contributed by atoms with Gasteiger partial charge in [-0.3, -0.25) is 4.79 Å². The monoisotopic (exact) mass is 168 g/mol. The van der Waals surface area contributed by atoms with Gasteiger partial charge in [-0.1, -0.05) is 37.0 Å². The fraction of sp³-hybridized carbons (Fsp3) is 0.833. The zero-order valence-electron chi connectivity index (χ0n) is 5.58. The maximum Gasteiger partial charge on any atom is 0.175 e. The van der Waals surface area contributed by atoms with E-state index in [4.69, 9.17) is 23.2 Å². The van der Waals surface area contributed by atoms with E-state index in [1.54, 1.807) is 13.8 Å². The fourth-order valence-electron chi connectivity index (χ4n) is 0.456. The fourth-order valence-corrected chi connectivity index (χ4v) is 0.723. The van der Waals surface area contributed by atoms with Crippen LogP contribution in [0.15, 0.2) is 0 Å². The van der Waals surface area contributed by atoms with E-state index < -0.39 is 4.33 Å². The lowest BCUT2D eigenvalue weighted by atomic mass is 10.2. The van der Waals surface area contributed by atoms with Crippen molar-refractivity contribution in [3.05, 3.63) is 0 Å². The van der Waals surface area contributed by atoms with Gasteiger partial charge >= 0.3 is 0 Å². The molecule has 0 radical (unpaired) electrons. The molecule has 0 aliphatic rings. The Bertz CT molecular complexity index is 110. The minimum Gasteiger partial charge on any atom is -0.296 e. The number of Topliss-reactive ketones (excluding diaryl/α,β-unsaturated/α-hetero) is 1. The molecule has 0 saturated heterocycles. The molecule has 0 fully saturated rings. The molecule has 0 aromatic carbocycles. The van der Waals surface area contributed by atoms with Crippen LogP contribution in [0.5, 0.6) is 0 Å². The second-order valence-electron chi connectivity index (χ2n) is 1.83. The van der Waals surface area contributed by atoms with Gasteiger partial charge < -0.3 is 0 Å². The smallest absolute Gasteiger partial charge is 0.175 e. The van der Waals surface area contributed by atoms with Crippen molar-refractivity contribution in [3.63, 3.8) is 0 Å². The first-order valence-electron chi connectivity index (χ1n) is 2.95. The first-order valence-corrected chi connectivity index (χ1v) is 3.71. The molecule has 0 aromatic heterocycles. The van der Waals surface area contributed by atoms with Gasteiger partial charge in [-0.05, 0) is 6.42 Å². The van der Waals surface area contributed by atoms with E-state index in [0.29, 0.717) is 12.8 Å². The minimum atomic E-state index is -1.14. The second kappa shape index (κ2) is 3.43. The molecule has 0 aromatic rings. The van der Waals surface area contributed by atoms with Crippen LogP contribution < -0.4 is 0 Å². The summed E-state index contributed by atoms with van der Waals surface area (Å²) in [5.74, 6) is -0.103. The summed E-state index contributed by atoms with van der Waals surface area (Å²) in [4.78, 5) is 10.8. The number of hydrogen-bond donors (Lipinski definition) is 0. The number of alkyl halides is 2. The molecule has 0 rings (SSSR count). The van der Waals surface area contributed by atoms with Crippen molar-refractivity contribution in [1.82, 2.24) is 0 Å². The molecule has 0 atom stereocenters. The van der Waals surface area contributed by atoms with Crippen LogP contribution >= 0.6 is 23.2 Å². The van der Waals surface area contributed by atoms with Gasteiger partial charge in [0.1, 0.15) is 0 Å². The SMILES string of the molecule is CCC(=O)C(Cl)(Cl)CC. The summed E-state index contributed by atoms with van der Waals surface area (Å²) in [6, 6.07) is 0. The Balaban J connectivity index is 3.97. The van der Waals surface area contributed by atoms with E-state index in [-0.39, 0.29) is 5.78 Å². The molecule has 0 bridgehead atoms. The molecular formula is C6H10Cl2O. The molecule has 0 unspecified atom stereocenters. The standard InChI is InChI=1S/C6H10Cl2O/c1-3-5(9)6(7,8)4-2/h3-4H2,1-2H3. The quantitative estimate of drug-likeness (QED) is 0.593. The van der Waals surface area contributed by atoms with E-state index in [1.807, 2.05) is 0 Å². The van der Waals surface area contributed by atoms with Crippen molar-refractivity contribution in [2.45, 2.75) is 31.0 Å². The minimum absolute atomic E-state index is 0.103. The molecular weight excluding hydrogens is 159 g/mol. The summed E-state index contributed by atoms with van der Waals surface area (Å²) in [6.45, 7) is 3.53. The van der Waals surface area contributed by atoms with Crippen LogP contribution in [-0.4, -0.2) is 10.1 Å². The zero-order valence-corrected chi connectivity index (χ0v) is 7.09. The number of carbonyl (C=O) groups is 1.